The molecule has 0 atom stereocenters. The first-order chi connectivity index (χ1) is 10.1. The van der Waals surface area contributed by atoms with Crippen LogP contribution in [0.4, 0.5) is 4.79 Å². The Bertz CT molecular complexity index is 467. The largest absolute Gasteiger partial charge is 0.343 e. The number of carbonyl (C=O) groups is 2. The number of nitrogens with zero attached hydrogens (tertiary/aromatic N) is 2. The number of piperidine rings is 1. The van der Waals surface area contributed by atoms with E-state index < -0.39 is 0 Å². The number of carbonyl (C=O) groups excluding carboxylic acids is 2. The highest BCUT2D eigenvalue weighted by atomic mass is 32.1. The van der Waals surface area contributed by atoms with Crippen LogP contribution in [0.25, 0.3) is 0 Å². The van der Waals surface area contributed by atoms with Gasteiger partial charge in [-0.15, -0.1) is 0 Å². The number of urea groups is 1. The Labute approximate surface area is 129 Å². The Morgan fingerprint density at radius 3 is 2.71 bits per heavy atom. The van der Waals surface area contributed by atoms with Gasteiger partial charge in [-0.3, -0.25) is 4.79 Å². The van der Waals surface area contributed by atoms with Gasteiger partial charge in [-0.1, -0.05) is 0 Å². The topological polar surface area (TPSA) is 52.7 Å². The molecule has 1 aliphatic heterocycles. The molecule has 1 aromatic heterocycles. The molecule has 5 nitrogen and oxygen atoms in total. The molecule has 1 fully saturated rings. The number of rotatable bonds is 4. The van der Waals surface area contributed by atoms with E-state index in [4.69, 9.17) is 0 Å². The molecule has 0 unspecified atom stereocenters. The predicted molar refractivity (Wildman–Crippen MR) is 84.5 cm³/mol. The molecule has 0 aromatic carbocycles. The van der Waals surface area contributed by atoms with E-state index in [1.54, 1.807) is 23.2 Å². The highest BCUT2D eigenvalue weighted by Crippen LogP contribution is 2.15. The van der Waals surface area contributed by atoms with Crippen LogP contribution in [0.1, 0.15) is 25.3 Å². The van der Waals surface area contributed by atoms with E-state index in [-0.39, 0.29) is 18.0 Å². The summed E-state index contributed by atoms with van der Waals surface area (Å²) in [5.74, 6) is 0.0914. The van der Waals surface area contributed by atoms with Gasteiger partial charge in [-0.2, -0.15) is 11.3 Å². The van der Waals surface area contributed by atoms with E-state index in [0.29, 0.717) is 19.6 Å². The van der Waals surface area contributed by atoms with Crippen LogP contribution >= 0.6 is 11.3 Å². The van der Waals surface area contributed by atoms with Gasteiger partial charge in [0.05, 0.1) is 0 Å². The summed E-state index contributed by atoms with van der Waals surface area (Å²) >= 11 is 1.68. The second-order valence-corrected chi connectivity index (χ2v) is 6.24. The lowest BCUT2D eigenvalue weighted by molar-refractivity contribution is -0.130. The summed E-state index contributed by atoms with van der Waals surface area (Å²) in [6.07, 6.45) is 2.58. The van der Waals surface area contributed by atoms with Gasteiger partial charge in [0.1, 0.15) is 0 Å². The zero-order valence-corrected chi connectivity index (χ0v) is 13.5. The highest BCUT2D eigenvalue weighted by Gasteiger charge is 2.25. The summed E-state index contributed by atoms with van der Waals surface area (Å²) in [6, 6.07) is 2.35. The van der Waals surface area contributed by atoms with Crippen molar-refractivity contribution in [2.75, 3.05) is 26.7 Å². The molecule has 1 N–H and O–H groups in total. The highest BCUT2D eigenvalue weighted by molar-refractivity contribution is 7.07. The van der Waals surface area contributed by atoms with Crippen molar-refractivity contribution in [3.63, 3.8) is 0 Å². The van der Waals surface area contributed by atoms with Crippen molar-refractivity contribution in [3.8, 4) is 0 Å². The lowest BCUT2D eigenvalue weighted by Gasteiger charge is -2.36. The maximum Gasteiger partial charge on any atom is 0.317 e. The van der Waals surface area contributed by atoms with E-state index in [1.165, 1.54) is 5.56 Å². The van der Waals surface area contributed by atoms with Crippen LogP contribution < -0.4 is 5.32 Å². The minimum Gasteiger partial charge on any atom is -0.343 e. The quantitative estimate of drug-likeness (QED) is 0.924. The van der Waals surface area contributed by atoms with Crippen LogP contribution in [0.3, 0.4) is 0 Å². The number of likely N-dealkylation sites (tertiary alicyclic amines) is 1. The zero-order valence-electron chi connectivity index (χ0n) is 12.7. The lowest BCUT2D eigenvalue weighted by atomic mass is 10.0. The van der Waals surface area contributed by atoms with Gasteiger partial charge in [0, 0.05) is 39.6 Å². The van der Waals surface area contributed by atoms with Crippen LogP contribution in [0.2, 0.25) is 0 Å². The van der Waals surface area contributed by atoms with Gasteiger partial charge in [-0.25, -0.2) is 4.79 Å². The summed E-state index contributed by atoms with van der Waals surface area (Å²) in [7, 11) is 1.84. The van der Waals surface area contributed by atoms with Crippen LogP contribution in [-0.2, 0) is 11.2 Å². The molecule has 1 aliphatic rings. The molecule has 3 amide bonds. The Hall–Kier alpha value is -1.56. The zero-order chi connectivity index (χ0) is 15.2. The molecule has 2 heterocycles. The summed E-state index contributed by atoms with van der Waals surface area (Å²) in [5.41, 5.74) is 1.27. The number of hydrogen-bond donors (Lipinski definition) is 1. The van der Waals surface area contributed by atoms with Gasteiger partial charge >= 0.3 is 6.03 Å². The van der Waals surface area contributed by atoms with Crippen LogP contribution in [0.15, 0.2) is 16.8 Å². The van der Waals surface area contributed by atoms with Crippen molar-refractivity contribution >= 4 is 23.3 Å². The summed E-state index contributed by atoms with van der Waals surface area (Å²) in [5, 5.41) is 7.12. The Kier molecular flexibility index (Phi) is 5.61. The van der Waals surface area contributed by atoms with E-state index in [1.807, 2.05) is 17.3 Å². The van der Waals surface area contributed by atoms with Gasteiger partial charge in [-0.05, 0) is 41.7 Å². The second-order valence-electron chi connectivity index (χ2n) is 5.46. The molecule has 1 aromatic rings. The van der Waals surface area contributed by atoms with Crippen molar-refractivity contribution in [2.24, 2.45) is 0 Å². The number of hydrogen-bond acceptors (Lipinski definition) is 3. The van der Waals surface area contributed by atoms with Gasteiger partial charge in [0.15, 0.2) is 0 Å². The molecule has 0 aliphatic carbocycles. The molecular weight excluding hydrogens is 286 g/mol. The van der Waals surface area contributed by atoms with Crippen LogP contribution in [-0.4, -0.2) is 54.5 Å². The Morgan fingerprint density at radius 2 is 2.14 bits per heavy atom. The van der Waals surface area contributed by atoms with Gasteiger partial charge < -0.3 is 15.1 Å². The monoisotopic (exact) mass is 309 g/mol. The minimum atomic E-state index is 0.00848. The maximum atomic E-state index is 12.1. The molecule has 0 radical (unpaired) electrons. The van der Waals surface area contributed by atoms with Crippen molar-refractivity contribution < 1.29 is 9.59 Å². The van der Waals surface area contributed by atoms with E-state index in [2.05, 4.69) is 16.8 Å². The first-order valence-corrected chi connectivity index (χ1v) is 8.29. The number of thiophene rings is 1. The third-order valence-electron chi connectivity index (χ3n) is 4.07. The standard InChI is InChI=1S/C15H23N3O2S/c1-12(19)17(2)14-4-8-18(9-5-14)15(20)16-7-3-13-6-10-21-11-13/h6,10-11,14H,3-5,7-9H2,1-2H3,(H,16,20). The Balaban J connectivity index is 1.69. The van der Waals surface area contributed by atoms with E-state index in [0.717, 1.165) is 19.3 Å². The van der Waals surface area contributed by atoms with Crippen molar-refractivity contribution in [2.45, 2.75) is 32.2 Å². The molecule has 0 spiro atoms. The Morgan fingerprint density at radius 1 is 1.43 bits per heavy atom. The third kappa shape index (κ3) is 4.46. The van der Waals surface area contributed by atoms with Crippen LogP contribution in [0, 0.1) is 0 Å². The van der Waals surface area contributed by atoms with E-state index in [9.17, 15) is 9.59 Å². The van der Waals surface area contributed by atoms with Gasteiger partial charge in [0.25, 0.3) is 0 Å². The lowest BCUT2D eigenvalue weighted by Crippen LogP contribution is -2.49. The molecule has 0 saturated carbocycles. The average Bonchev–Trinajstić information content (AvgIpc) is 2.99. The summed E-state index contributed by atoms with van der Waals surface area (Å²) in [6.45, 7) is 3.69. The fraction of sp³-hybridized carbons (Fsp3) is 0.600. The first kappa shape index (κ1) is 15.8. The molecule has 1 saturated heterocycles. The first-order valence-electron chi connectivity index (χ1n) is 7.35. The normalized spacial score (nSPS) is 15.8. The average molecular weight is 309 g/mol. The maximum absolute atomic E-state index is 12.1. The van der Waals surface area contributed by atoms with Crippen molar-refractivity contribution in [1.82, 2.24) is 15.1 Å². The summed E-state index contributed by atoms with van der Waals surface area (Å²) in [4.78, 5) is 27.0. The van der Waals surface area contributed by atoms with Crippen molar-refractivity contribution in [3.05, 3.63) is 22.4 Å². The molecule has 116 valence electrons. The molecular formula is C15H23N3O2S. The predicted octanol–water partition coefficient (Wildman–Crippen LogP) is 1.94. The number of nitrogens with one attached hydrogen (secondary N) is 1. The second kappa shape index (κ2) is 7.45. The third-order valence-corrected chi connectivity index (χ3v) is 4.80. The van der Waals surface area contributed by atoms with Gasteiger partial charge in [0.2, 0.25) is 5.91 Å². The molecule has 2 rings (SSSR count). The molecule has 0 bridgehead atoms. The van der Waals surface area contributed by atoms with E-state index >= 15 is 0 Å². The molecule has 21 heavy (non-hydrogen) atoms. The SMILES string of the molecule is CC(=O)N(C)C1CCN(C(=O)NCCc2ccsc2)CC1. The van der Waals surface area contributed by atoms with Crippen molar-refractivity contribution in [1.29, 1.82) is 0 Å². The smallest absolute Gasteiger partial charge is 0.317 e. The summed E-state index contributed by atoms with van der Waals surface area (Å²) < 4.78 is 0. The van der Waals surface area contributed by atoms with Crippen LogP contribution in [0.5, 0.6) is 0 Å². The number of amides is 3. The fourth-order valence-corrected chi connectivity index (χ4v) is 3.28. The minimum absolute atomic E-state index is 0.00848. The molecule has 6 heteroatoms. The fourth-order valence-electron chi connectivity index (χ4n) is 2.57.